The number of rotatable bonds is 6. The maximum Gasteiger partial charge on any atom is 0.416 e. The topological polar surface area (TPSA) is 38.3 Å². The number of carbonyl (C=O) groups is 1. The largest absolute Gasteiger partial charge is 0.416 e. The van der Waals surface area contributed by atoms with Gasteiger partial charge in [-0.2, -0.15) is 26.3 Å². The van der Waals surface area contributed by atoms with Crippen LogP contribution in [0.1, 0.15) is 54.4 Å². The molecule has 0 bridgehead atoms. The molecule has 1 unspecified atom stereocenters. The second kappa shape index (κ2) is 9.93. The van der Waals surface area contributed by atoms with Gasteiger partial charge in [0.2, 0.25) is 0 Å². The van der Waals surface area contributed by atoms with E-state index in [9.17, 15) is 31.1 Å². The molecule has 2 aromatic carbocycles. The molecule has 9 heteroatoms. The van der Waals surface area contributed by atoms with Gasteiger partial charge >= 0.3 is 12.4 Å². The maximum absolute atomic E-state index is 13.2. The maximum atomic E-state index is 13.2. The summed E-state index contributed by atoms with van der Waals surface area (Å²) in [5.41, 5.74) is -2.63. The molecule has 1 aliphatic carbocycles. The molecule has 0 radical (unpaired) electrons. The van der Waals surface area contributed by atoms with E-state index >= 15 is 0 Å². The van der Waals surface area contributed by atoms with Crippen molar-refractivity contribution in [3.05, 3.63) is 70.8 Å². The standard InChI is InChI=1S/C26H27F6NO2/c27-25(28,29)20-11-17(12-21(13-20)26(30,31)32)15-35-16-24(19-5-2-1-3-6-19)10-9-18(14-33-24)22-7-4-8-23(22)34/h1-3,5-6,11-13,18,22,33H,4,7-10,14-16H2/t18-,22?,24+/m0/s1. The van der Waals surface area contributed by atoms with Gasteiger partial charge in [0, 0.05) is 12.3 Å². The summed E-state index contributed by atoms with van der Waals surface area (Å²) < 4.78 is 84.9. The molecule has 2 fully saturated rings. The number of hydrogen-bond acceptors (Lipinski definition) is 3. The van der Waals surface area contributed by atoms with E-state index in [1.807, 2.05) is 30.3 Å². The minimum atomic E-state index is -4.90. The zero-order valence-corrected chi connectivity index (χ0v) is 19.0. The van der Waals surface area contributed by atoms with E-state index in [0.29, 0.717) is 37.3 Å². The van der Waals surface area contributed by atoms with E-state index in [1.54, 1.807) is 0 Å². The van der Waals surface area contributed by atoms with Crippen LogP contribution in [0.4, 0.5) is 26.3 Å². The molecule has 2 aliphatic rings. The normalized spacial score (nSPS) is 25.7. The van der Waals surface area contributed by atoms with Crippen molar-refractivity contribution in [1.82, 2.24) is 5.32 Å². The van der Waals surface area contributed by atoms with Crippen molar-refractivity contribution in [1.29, 1.82) is 0 Å². The van der Waals surface area contributed by atoms with Crippen LogP contribution in [0, 0.1) is 11.8 Å². The Kier molecular flexibility index (Phi) is 7.29. The van der Waals surface area contributed by atoms with Crippen LogP contribution in [0.2, 0.25) is 0 Å². The van der Waals surface area contributed by atoms with Crippen molar-refractivity contribution in [2.24, 2.45) is 11.8 Å². The van der Waals surface area contributed by atoms with E-state index < -0.39 is 35.6 Å². The molecular weight excluding hydrogens is 472 g/mol. The first-order chi connectivity index (χ1) is 16.5. The van der Waals surface area contributed by atoms with Crippen molar-refractivity contribution >= 4 is 5.78 Å². The van der Waals surface area contributed by atoms with Gasteiger partial charge in [0.15, 0.2) is 0 Å². The van der Waals surface area contributed by atoms with Gasteiger partial charge in [-0.3, -0.25) is 4.79 Å². The average Bonchev–Trinajstić information content (AvgIpc) is 3.24. The SMILES string of the molecule is O=C1CCCC1[C@H]1CC[C@@](COCc2cc(C(F)(F)F)cc(C(F)(F)F)c2)(c2ccccc2)NC1. The quantitative estimate of drug-likeness (QED) is 0.461. The molecule has 35 heavy (non-hydrogen) atoms. The lowest BCUT2D eigenvalue weighted by Gasteiger charge is -2.43. The first-order valence-electron chi connectivity index (χ1n) is 11.7. The fourth-order valence-electron chi connectivity index (χ4n) is 5.29. The van der Waals surface area contributed by atoms with Gasteiger partial charge in [-0.25, -0.2) is 0 Å². The molecule has 3 nitrogen and oxygen atoms in total. The Balaban J connectivity index is 1.50. The van der Waals surface area contributed by atoms with Crippen LogP contribution < -0.4 is 5.32 Å². The predicted octanol–water partition coefficient (Wildman–Crippen LogP) is 6.51. The molecule has 3 atom stereocenters. The highest BCUT2D eigenvalue weighted by atomic mass is 19.4. The van der Waals surface area contributed by atoms with Gasteiger partial charge < -0.3 is 10.1 Å². The second-order valence-corrected chi connectivity index (χ2v) is 9.50. The van der Waals surface area contributed by atoms with Gasteiger partial charge in [0.05, 0.1) is 29.9 Å². The summed E-state index contributed by atoms with van der Waals surface area (Å²) in [5, 5.41) is 3.52. The lowest BCUT2D eigenvalue weighted by atomic mass is 9.75. The monoisotopic (exact) mass is 499 g/mol. The molecule has 1 heterocycles. The number of alkyl halides is 6. The minimum absolute atomic E-state index is 0.0445. The molecule has 0 spiro atoms. The Morgan fingerprint density at radius 3 is 2.11 bits per heavy atom. The van der Waals surface area contributed by atoms with Gasteiger partial charge in [-0.1, -0.05) is 30.3 Å². The number of hydrogen-bond donors (Lipinski definition) is 1. The molecule has 1 saturated carbocycles. The van der Waals surface area contributed by atoms with E-state index in [-0.39, 0.29) is 30.1 Å². The van der Waals surface area contributed by atoms with E-state index in [2.05, 4.69) is 5.32 Å². The smallest absolute Gasteiger partial charge is 0.374 e. The lowest BCUT2D eigenvalue weighted by Crippen LogP contribution is -2.53. The van der Waals surface area contributed by atoms with Gasteiger partial charge in [-0.15, -0.1) is 0 Å². The number of ether oxygens (including phenoxy) is 1. The number of nitrogens with one attached hydrogen (secondary N) is 1. The molecule has 1 N–H and O–H groups in total. The molecule has 1 saturated heterocycles. The Morgan fingerprint density at radius 1 is 0.943 bits per heavy atom. The third-order valence-electron chi connectivity index (χ3n) is 7.16. The summed E-state index contributed by atoms with van der Waals surface area (Å²) in [6.07, 6.45) is -5.98. The third-order valence-corrected chi connectivity index (χ3v) is 7.16. The number of piperidine rings is 1. The van der Waals surface area contributed by atoms with Crippen LogP contribution in [-0.4, -0.2) is 18.9 Å². The summed E-state index contributed by atoms with van der Waals surface area (Å²) in [5.74, 6) is 0.549. The third kappa shape index (κ3) is 5.89. The van der Waals surface area contributed by atoms with Crippen molar-refractivity contribution in [2.45, 2.75) is 56.6 Å². The highest BCUT2D eigenvalue weighted by Crippen LogP contribution is 2.40. The number of ketones is 1. The summed E-state index contributed by atoms with van der Waals surface area (Å²) in [6.45, 7) is 0.268. The number of carbonyl (C=O) groups excluding carboxylic acids is 1. The Morgan fingerprint density at radius 2 is 1.60 bits per heavy atom. The van der Waals surface area contributed by atoms with Gasteiger partial charge in [0.25, 0.3) is 0 Å². The Bertz CT molecular complexity index is 994. The molecule has 0 aromatic heterocycles. The fourth-order valence-corrected chi connectivity index (χ4v) is 5.29. The Hall–Kier alpha value is -2.39. The van der Waals surface area contributed by atoms with Crippen LogP contribution in [0.15, 0.2) is 48.5 Å². The number of Topliss-reactive ketones (excluding diaryl/α,β-unsaturated/α-hetero) is 1. The van der Waals surface area contributed by atoms with Crippen LogP contribution in [0.5, 0.6) is 0 Å². The van der Waals surface area contributed by atoms with Crippen LogP contribution in [0.25, 0.3) is 0 Å². The first kappa shape index (κ1) is 25.7. The van der Waals surface area contributed by atoms with E-state index in [1.165, 1.54) is 0 Å². The van der Waals surface area contributed by atoms with Gasteiger partial charge in [-0.05, 0) is 67.5 Å². The minimum Gasteiger partial charge on any atom is -0.374 e. The number of halogens is 6. The summed E-state index contributed by atoms with van der Waals surface area (Å²) in [4.78, 5) is 12.2. The van der Waals surface area contributed by atoms with Crippen molar-refractivity contribution < 1.29 is 35.9 Å². The second-order valence-electron chi connectivity index (χ2n) is 9.50. The average molecular weight is 499 g/mol. The highest BCUT2D eigenvalue weighted by molar-refractivity contribution is 5.83. The summed E-state index contributed by atoms with van der Waals surface area (Å²) in [6, 6.07) is 10.9. The van der Waals surface area contributed by atoms with Crippen LogP contribution >= 0.6 is 0 Å². The van der Waals surface area contributed by atoms with E-state index in [4.69, 9.17) is 4.74 Å². The molecule has 190 valence electrons. The van der Waals surface area contributed by atoms with Crippen LogP contribution in [0.3, 0.4) is 0 Å². The highest BCUT2D eigenvalue weighted by Gasteiger charge is 2.42. The predicted molar refractivity (Wildman–Crippen MR) is 117 cm³/mol. The van der Waals surface area contributed by atoms with Gasteiger partial charge in [0.1, 0.15) is 5.78 Å². The Labute approximate surface area is 199 Å². The van der Waals surface area contributed by atoms with Crippen molar-refractivity contribution in [3.8, 4) is 0 Å². The molecule has 0 amide bonds. The first-order valence-corrected chi connectivity index (χ1v) is 11.7. The zero-order chi connectivity index (χ0) is 25.3. The summed E-state index contributed by atoms with van der Waals surface area (Å²) >= 11 is 0. The van der Waals surface area contributed by atoms with Crippen LogP contribution in [-0.2, 0) is 34.0 Å². The van der Waals surface area contributed by atoms with Crippen molar-refractivity contribution in [3.63, 3.8) is 0 Å². The molecule has 2 aromatic rings. The fraction of sp³-hybridized carbons (Fsp3) is 0.500. The summed E-state index contributed by atoms with van der Waals surface area (Å²) in [7, 11) is 0. The molecule has 4 rings (SSSR count). The number of benzene rings is 2. The molecule has 1 aliphatic heterocycles. The zero-order valence-electron chi connectivity index (χ0n) is 19.0. The van der Waals surface area contributed by atoms with E-state index in [0.717, 1.165) is 24.8 Å². The lowest BCUT2D eigenvalue weighted by molar-refractivity contribution is -0.143. The molecular formula is C26H27F6NO2. The van der Waals surface area contributed by atoms with Crippen molar-refractivity contribution in [2.75, 3.05) is 13.2 Å².